The van der Waals surface area contributed by atoms with Gasteiger partial charge >= 0.3 is 6.03 Å². The van der Waals surface area contributed by atoms with Crippen molar-refractivity contribution < 1.29 is 9.00 Å². The average molecular weight is 303 g/mol. The zero-order chi connectivity index (χ0) is 15.3. The van der Waals surface area contributed by atoms with Crippen LogP contribution >= 0.6 is 0 Å². The highest BCUT2D eigenvalue weighted by molar-refractivity contribution is 7.93. The van der Waals surface area contributed by atoms with Gasteiger partial charge in [0.1, 0.15) is 0 Å². The van der Waals surface area contributed by atoms with Crippen molar-refractivity contribution in [1.29, 1.82) is 0 Å². The number of nitrogens with zero attached hydrogens (tertiary/aromatic N) is 1. The minimum atomic E-state index is -2.77. The summed E-state index contributed by atoms with van der Waals surface area (Å²) in [6, 6.07) is 15.4. The summed E-state index contributed by atoms with van der Waals surface area (Å²) >= 11 is 0. The number of nitrogens with two attached hydrogens (primary N) is 1. The predicted molar refractivity (Wildman–Crippen MR) is 84.3 cm³/mol. The molecule has 0 aliphatic carbocycles. The van der Waals surface area contributed by atoms with Crippen molar-refractivity contribution in [3.8, 4) is 0 Å². The van der Waals surface area contributed by atoms with E-state index in [9.17, 15) is 9.00 Å². The second-order valence-electron chi connectivity index (χ2n) is 4.61. The molecular weight excluding hydrogens is 286 g/mol. The van der Waals surface area contributed by atoms with E-state index in [1.54, 1.807) is 24.3 Å². The molecular formula is C15H17N3O2S. The summed E-state index contributed by atoms with van der Waals surface area (Å²) in [5.41, 5.74) is 7.11. The molecule has 0 aliphatic rings. The second kappa shape index (κ2) is 6.41. The molecule has 0 spiro atoms. The predicted octanol–water partition coefficient (Wildman–Crippen LogP) is 2.64. The summed E-state index contributed by atoms with van der Waals surface area (Å²) in [6.45, 7) is 0.348. The number of anilines is 1. The largest absolute Gasteiger partial charge is 0.399 e. The number of nitrogens with one attached hydrogen (secondary N) is 1. The summed E-state index contributed by atoms with van der Waals surface area (Å²) in [4.78, 5) is 12.3. The van der Waals surface area contributed by atoms with Crippen molar-refractivity contribution in [3.05, 3.63) is 60.2 Å². The average Bonchev–Trinajstić information content (AvgIpc) is 2.46. The Hall–Kier alpha value is -2.34. The Morgan fingerprint density at radius 1 is 1.14 bits per heavy atom. The second-order valence-corrected chi connectivity index (χ2v) is 6.87. The molecule has 0 saturated carbocycles. The highest BCUT2D eigenvalue weighted by atomic mass is 32.2. The standard InChI is InChI=1S/C15H17N3O2S/c1-21(20,14-9-7-13(16)8-10-14)18-15(19)17-11-12-5-3-2-4-6-12/h2-10H,11,16H2,1H3,(H,17,19). The number of benzene rings is 2. The lowest BCUT2D eigenvalue weighted by Gasteiger charge is -2.06. The van der Waals surface area contributed by atoms with Gasteiger partial charge in [-0.25, -0.2) is 9.00 Å². The molecule has 1 atom stereocenters. The summed E-state index contributed by atoms with van der Waals surface area (Å²) in [6.07, 6.45) is 1.43. The molecule has 0 fully saturated rings. The minimum Gasteiger partial charge on any atom is -0.399 e. The van der Waals surface area contributed by atoms with Crippen molar-refractivity contribution in [2.24, 2.45) is 4.36 Å². The van der Waals surface area contributed by atoms with Crippen LogP contribution in [0.5, 0.6) is 0 Å². The molecule has 110 valence electrons. The van der Waals surface area contributed by atoms with Crippen LogP contribution in [0.2, 0.25) is 0 Å². The maximum atomic E-state index is 12.5. The number of urea groups is 1. The van der Waals surface area contributed by atoms with Crippen molar-refractivity contribution >= 4 is 21.4 Å². The Morgan fingerprint density at radius 3 is 2.38 bits per heavy atom. The topological polar surface area (TPSA) is 84.5 Å². The first-order valence-corrected chi connectivity index (χ1v) is 8.29. The van der Waals surface area contributed by atoms with Gasteiger partial charge in [-0.1, -0.05) is 30.3 Å². The van der Waals surface area contributed by atoms with E-state index >= 15 is 0 Å². The Kier molecular flexibility index (Phi) is 4.59. The fraction of sp³-hybridized carbons (Fsp3) is 0.133. The van der Waals surface area contributed by atoms with E-state index < -0.39 is 15.8 Å². The van der Waals surface area contributed by atoms with Gasteiger partial charge in [-0.3, -0.25) is 0 Å². The van der Waals surface area contributed by atoms with E-state index in [0.29, 0.717) is 17.1 Å². The Balaban J connectivity index is 2.08. The van der Waals surface area contributed by atoms with E-state index in [2.05, 4.69) is 9.68 Å². The van der Waals surface area contributed by atoms with Crippen LogP contribution < -0.4 is 11.1 Å². The monoisotopic (exact) mass is 303 g/mol. The van der Waals surface area contributed by atoms with Crippen LogP contribution in [0.4, 0.5) is 10.5 Å². The number of hydrogen-bond acceptors (Lipinski definition) is 3. The van der Waals surface area contributed by atoms with Crippen molar-refractivity contribution in [1.82, 2.24) is 5.32 Å². The van der Waals surface area contributed by atoms with Crippen LogP contribution in [0.3, 0.4) is 0 Å². The van der Waals surface area contributed by atoms with Crippen LogP contribution in [0.1, 0.15) is 5.56 Å². The first-order chi connectivity index (χ1) is 9.97. The van der Waals surface area contributed by atoms with E-state index in [0.717, 1.165) is 5.56 Å². The SMILES string of the molecule is CS(=O)(=NC(=O)NCc1ccccc1)c1ccc(N)cc1. The van der Waals surface area contributed by atoms with Crippen molar-refractivity contribution in [3.63, 3.8) is 0 Å². The summed E-state index contributed by atoms with van der Waals surface area (Å²) in [5.74, 6) is 0. The lowest BCUT2D eigenvalue weighted by atomic mass is 10.2. The zero-order valence-electron chi connectivity index (χ0n) is 11.7. The molecule has 5 nitrogen and oxygen atoms in total. The number of hydrogen-bond donors (Lipinski definition) is 2. The molecule has 0 bridgehead atoms. The number of carbonyl (C=O) groups excluding carboxylic acids is 1. The third kappa shape index (κ3) is 4.32. The molecule has 21 heavy (non-hydrogen) atoms. The first kappa shape index (κ1) is 15.1. The Bertz CT molecular complexity index is 733. The first-order valence-electron chi connectivity index (χ1n) is 6.37. The van der Waals surface area contributed by atoms with Gasteiger partial charge in [0, 0.05) is 23.4 Å². The van der Waals surface area contributed by atoms with Gasteiger partial charge in [-0.15, -0.1) is 4.36 Å². The van der Waals surface area contributed by atoms with Crippen molar-refractivity contribution in [2.75, 3.05) is 12.0 Å². The van der Waals surface area contributed by atoms with E-state index in [4.69, 9.17) is 5.73 Å². The molecule has 3 N–H and O–H groups in total. The molecule has 0 saturated heterocycles. The molecule has 2 rings (SSSR count). The number of amides is 2. The third-order valence-electron chi connectivity index (χ3n) is 2.86. The smallest absolute Gasteiger partial charge is 0.349 e. The van der Waals surface area contributed by atoms with E-state index in [1.165, 1.54) is 6.26 Å². The third-order valence-corrected chi connectivity index (χ3v) is 4.52. The van der Waals surface area contributed by atoms with Crippen molar-refractivity contribution in [2.45, 2.75) is 11.4 Å². The van der Waals surface area contributed by atoms with Gasteiger partial charge in [0.2, 0.25) is 0 Å². The van der Waals surface area contributed by atoms with Crippen LogP contribution in [-0.4, -0.2) is 16.5 Å². The fourth-order valence-electron chi connectivity index (χ4n) is 1.74. The van der Waals surface area contributed by atoms with Crippen LogP contribution in [0.25, 0.3) is 0 Å². The van der Waals surface area contributed by atoms with E-state index in [1.807, 2.05) is 30.3 Å². The number of carbonyl (C=O) groups is 1. The molecule has 0 aliphatic heterocycles. The highest BCUT2D eigenvalue weighted by Crippen LogP contribution is 2.13. The molecule has 2 aromatic rings. The minimum absolute atomic E-state index is 0.348. The molecule has 2 aromatic carbocycles. The number of nitrogen functional groups attached to an aromatic ring is 1. The number of rotatable bonds is 3. The molecule has 6 heteroatoms. The fourth-order valence-corrected chi connectivity index (χ4v) is 2.86. The van der Waals surface area contributed by atoms with Gasteiger partial charge in [-0.05, 0) is 29.8 Å². The quantitative estimate of drug-likeness (QED) is 0.855. The summed E-state index contributed by atoms with van der Waals surface area (Å²) < 4.78 is 16.2. The zero-order valence-corrected chi connectivity index (χ0v) is 12.5. The maximum absolute atomic E-state index is 12.5. The van der Waals surface area contributed by atoms with Crippen LogP contribution in [-0.2, 0) is 16.3 Å². The molecule has 0 heterocycles. The van der Waals surface area contributed by atoms with Crippen LogP contribution in [0, 0.1) is 0 Å². The molecule has 1 unspecified atom stereocenters. The molecule has 0 aromatic heterocycles. The Labute approximate surface area is 124 Å². The molecule has 0 radical (unpaired) electrons. The molecule has 2 amide bonds. The van der Waals surface area contributed by atoms with Gasteiger partial charge in [0.05, 0.1) is 9.73 Å². The highest BCUT2D eigenvalue weighted by Gasteiger charge is 2.09. The normalized spacial score (nSPS) is 13.2. The van der Waals surface area contributed by atoms with Gasteiger partial charge in [-0.2, -0.15) is 0 Å². The summed E-state index contributed by atoms with van der Waals surface area (Å²) in [5, 5.41) is 2.63. The Morgan fingerprint density at radius 2 is 1.76 bits per heavy atom. The van der Waals surface area contributed by atoms with Gasteiger partial charge in [0.25, 0.3) is 0 Å². The lowest BCUT2D eigenvalue weighted by molar-refractivity contribution is 0.249. The maximum Gasteiger partial charge on any atom is 0.349 e. The van der Waals surface area contributed by atoms with Gasteiger partial charge in [0.15, 0.2) is 0 Å². The van der Waals surface area contributed by atoms with E-state index in [-0.39, 0.29) is 0 Å². The van der Waals surface area contributed by atoms with Crippen LogP contribution in [0.15, 0.2) is 63.9 Å². The van der Waals surface area contributed by atoms with Gasteiger partial charge < -0.3 is 11.1 Å². The summed E-state index contributed by atoms with van der Waals surface area (Å²) in [7, 11) is -2.77. The lowest BCUT2D eigenvalue weighted by Crippen LogP contribution is -2.20.